The van der Waals surface area contributed by atoms with Crippen LogP contribution in [0, 0.1) is 0 Å². The molecule has 3 aliphatic heterocycles. The van der Waals surface area contributed by atoms with Gasteiger partial charge in [0, 0.05) is 58.2 Å². The monoisotopic (exact) mass is 377 g/mol. The number of aliphatic carboxylic acids is 2. The number of rotatable bonds is 8. The highest BCUT2D eigenvalue weighted by atomic mass is 16.4. The lowest BCUT2D eigenvalue weighted by atomic mass is 10.0. The molecule has 0 unspecified atom stereocenters. The average Bonchev–Trinajstić information content (AvgIpc) is 3.47. The zero-order valence-corrected chi connectivity index (χ0v) is 15.0. The first-order valence-electron chi connectivity index (χ1n) is 9.12. The van der Waals surface area contributed by atoms with Crippen LogP contribution in [0.25, 0.3) is 0 Å². The van der Waals surface area contributed by atoms with Gasteiger partial charge in [-0.15, -0.1) is 0 Å². The highest BCUT2D eigenvalue weighted by molar-refractivity contribution is 6.22. The van der Waals surface area contributed by atoms with Gasteiger partial charge in [-0.25, -0.2) is 0 Å². The van der Waals surface area contributed by atoms with Crippen LogP contribution >= 0.6 is 0 Å². The van der Waals surface area contributed by atoms with Gasteiger partial charge in [0.1, 0.15) is 11.4 Å². The number of hydrogen-bond donors (Lipinski definition) is 2. The van der Waals surface area contributed by atoms with E-state index in [4.69, 9.17) is 10.2 Å². The molecule has 3 heterocycles. The van der Waals surface area contributed by atoms with E-state index in [1.807, 2.05) is 14.7 Å². The van der Waals surface area contributed by atoms with Gasteiger partial charge in [-0.2, -0.15) is 0 Å². The minimum Gasteiger partial charge on any atom is -0.481 e. The number of Topliss-reactive ketones (excluding diaryl/α,β-unsaturated/α-hetero) is 1. The van der Waals surface area contributed by atoms with Crippen molar-refractivity contribution >= 4 is 23.5 Å². The third kappa shape index (κ3) is 5.08. The second-order valence-electron chi connectivity index (χ2n) is 6.88. The number of carbonyl (C=O) groups excluding carboxylic acids is 2. The van der Waals surface area contributed by atoms with Crippen LogP contribution in [0.1, 0.15) is 25.7 Å². The molecule has 1 aliphatic carbocycles. The minimum absolute atomic E-state index is 0.00546. The number of ketones is 2. The molecule has 0 saturated carbocycles. The Balaban J connectivity index is 0.000000183. The predicted molar refractivity (Wildman–Crippen MR) is 93.6 cm³/mol. The molecular weight excluding hydrogens is 354 g/mol. The SMILES string of the molecule is O=C(O)CCCCC(=O)O.O=C1C=C(N2CC2)C(=O)C(N2CC2)=C1N1CC1. The molecule has 4 rings (SSSR count). The van der Waals surface area contributed by atoms with Gasteiger partial charge >= 0.3 is 11.9 Å². The molecule has 0 spiro atoms. The molecule has 0 aromatic heterocycles. The van der Waals surface area contributed by atoms with Gasteiger partial charge < -0.3 is 24.9 Å². The fourth-order valence-corrected chi connectivity index (χ4v) is 2.83. The maximum Gasteiger partial charge on any atom is 0.303 e. The Bertz CT molecular complexity index is 713. The van der Waals surface area contributed by atoms with E-state index in [0.29, 0.717) is 29.9 Å². The zero-order valence-electron chi connectivity index (χ0n) is 15.0. The summed E-state index contributed by atoms with van der Waals surface area (Å²) in [5, 5.41) is 16.3. The van der Waals surface area contributed by atoms with Gasteiger partial charge in [0.05, 0.1) is 5.70 Å². The van der Waals surface area contributed by atoms with E-state index in [9.17, 15) is 19.2 Å². The lowest BCUT2D eigenvalue weighted by molar-refractivity contribution is -0.139. The van der Waals surface area contributed by atoms with Crippen molar-refractivity contribution in [1.29, 1.82) is 0 Å². The van der Waals surface area contributed by atoms with Crippen molar-refractivity contribution in [3.05, 3.63) is 23.2 Å². The first-order chi connectivity index (χ1) is 12.9. The summed E-state index contributed by atoms with van der Waals surface area (Å²) >= 11 is 0. The Morgan fingerprint density at radius 2 is 1.22 bits per heavy atom. The van der Waals surface area contributed by atoms with Crippen LogP contribution in [0.5, 0.6) is 0 Å². The van der Waals surface area contributed by atoms with Crippen molar-refractivity contribution in [3.8, 4) is 0 Å². The van der Waals surface area contributed by atoms with Crippen LogP contribution in [0.3, 0.4) is 0 Å². The molecule has 0 amide bonds. The van der Waals surface area contributed by atoms with Gasteiger partial charge in [-0.05, 0) is 12.8 Å². The van der Waals surface area contributed by atoms with Crippen molar-refractivity contribution in [1.82, 2.24) is 14.7 Å². The van der Waals surface area contributed by atoms with Gasteiger partial charge in [0.25, 0.3) is 0 Å². The van der Waals surface area contributed by atoms with E-state index >= 15 is 0 Å². The van der Waals surface area contributed by atoms with Crippen LogP contribution in [0.15, 0.2) is 23.2 Å². The topological polar surface area (TPSA) is 118 Å². The summed E-state index contributed by atoms with van der Waals surface area (Å²) in [6.45, 7) is 5.41. The quantitative estimate of drug-likeness (QED) is 0.339. The number of nitrogens with zero attached hydrogens (tertiary/aromatic N) is 3. The van der Waals surface area contributed by atoms with Crippen molar-refractivity contribution in [3.63, 3.8) is 0 Å². The van der Waals surface area contributed by atoms with Gasteiger partial charge in [-0.3, -0.25) is 19.2 Å². The smallest absolute Gasteiger partial charge is 0.303 e. The first-order valence-corrected chi connectivity index (χ1v) is 9.12. The van der Waals surface area contributed by atoms with Gasteiger partial charge in [-0.1, -0.05) is 0 Å². The number of carbonyl (C=O) groups is 4. The van der Waals surface area contributed by atoms with E-state index in [1.165, 1.54) is 6.08 Å². The second-order valence-corrected chi connectivity index (χ2v) is 6.88. The number of unbranched alkanes of at least 4 members (excludes halogenated alkanes) is 1. The predicted octanol–water partition coefficient (Wildman–Crippen LogP) is -0.103. The molecule has 146 valence electrons. The molecule has 3 fully saturated rings. The van der Waals surface area contributed by atoms with Gasteiger partial charge in [0.2, 0.25) is 11.6 Å². The molecule has 4 aliphatic rings. The van der Waals surface area contributed by atoms with Crippen LogP contribution in [0.2, 0.25) is 0 Å². The fraction of sp³-hybridized carbons (Fsp3) is 0.556. The Kier molecular flexibility index (Phi) is 5.48. The van der Waals surface area contributed by atoms with E-state index in [0.717, 1.165) is 39.3 Å². The summed E-state index contributed by atoms with van der Waals surface area (Å²) in [5.74, 6) is -1.69. The lowest BCUT2D eigenvalue weighted by Gasteiger charge is -2.21. The van der Waals surface area contributed by atoms with Crippen molar-refractivity contribution in [2.45, 2.75) is 25.7 Å². The summed E-state index contributed by atoms with van der Waals surface area (Å²) in [6.07, 6.45) is 2.54. The number of carboxylic acid groups (broad SMARTS) is 2. The lowest BCUT2D eigenvalue weighted by Crippen LogP contribution is -2.29. The number of hydrogen-bond acceptors (Lipinski definition) is 7. The van der Waals surface area contributed by atoms with Crippen molar-refractivity contribution < 1.29 is 29.4 Å². The summed E-state index contributed by atoms with van der Waals surface area (Å²) < 4.78 is 0. The molecule has 0 radical (unpaired) electrons. The summed E-state index contributed by atoms with van der Waals surface area (Å²) in [7, 11) is 0. The largest absolute Gasteiger partial charge is 0.481 e. The maximum absolute atomic E-state index is 12.4. The van der Waals surface area contributed by atoms with Crippen LogP contribution in [-0.4, -0.2) is 87.7 Å². The second kappa shape index (κ2) is 7.81. The van der Waals surface area contributed by atoms with Gasteiger partial charge in [0.15, 0.2) is 0 Å². The average molecular weight is 377 g/mol. The number of allylic oxidation sites excluding steroid dienone is 1. The highest BCUT2D eigenvalue weighted by Gasteiger charge is 2.43. The van der Waals surface area contributed by atoms with Crippen LogP contribution < -0.4 is 0 Å². The molecule has 0 aromatic rings. The molecule has 27 heavy (non-hydrogen) atoms. The molecule has 3 saturated heterocycles. The molecule has 2 N–H and O–H groups in total. The molecule has 0 aromatic carbocycles. The van der Waals surface area contributed by atoms with Crippen LogP contribution in [0.4, 0.5) is 0 Å². The van der Waals surface area contributed by atoms with E-state index < -0.39 is 11.9 Å². The third-order valence-corrected chi connectivity index (χ3v) is 4.52. The third-order valence-electron chi connectivity index (χ3n) is 4.52. The Morgan fingerprint density at radius 1 is 0.778 bits per heavy atom. The minimum atomic E-state index is -0.870. The van der Waals surface area contributed by atoms with Crippen molar-refractivity contribution in [2.24, 2.45) is 0 Å². The van der Waals surface area contributed by atoms with Crippen molar-refractivity contribution in [2.75, 3.05) is 39.3 Å². The van der Waals surface area contributed by atoms with E-state index in [-0.39, 0.29) is 24.4 Å². The Hall–Kier alpha value is -2.84. The molecule has 0 bridgehead atoms. The fourth-order valence-electron chi connectivity index (χ4n) is 2.83. The first kappa shape index (κ1) is 18.9. The maximum atomic E-state index is 12.4. The Labute approximate surface area is 156 Å². The highest BCUT2D eigenvalue weighted by Crippen LogP contribution is 2.33. The standard InChI is InChI=1S/C12H13N3O2.C6H10O4/c16-9-7-8(13-1-2-13)12(17)11(15-5-6-15)10(9)14-3-4-14;7-5(8)3-1-2-4-6(9)10/h7H,1-6H2;1-4H2,(H,7,8)(H,9,10). The Morgan fingerprint density at radius 3 is 1.63 bits per heavy atom. The van der Waals surface area contributed by atoms with Crippen LogP contribution in [-0.2, 0) is 19.2 Å². The molecule has 0 atom stereocenters. The summed E-state index contributed by atoms with van der Waals surface area (Å²) in [6, 6.07) is 0. The van der Waals surface area contributed by atoms with E-state index in [2.05, 4.69) is 0 Å². The molecular formula is C18H23N3O6. The molecule has 9 heteroatoms. The molecule has 9 nitrogen and oxygen atoms in total. The number of carboxylic acids is 2. The van der Waals surface area contributed by atoms with E-state index in [1.54, 1.807) is 0 Å². The summed E-state index contributed by atoms with van der Waals surface area (Å²) in [5.41, 5.74) is 1.89. The zero-order chi connectivity index (χ0) is 19.6. The summed E-state index contributed by atoms with van der Waals surface area (Å²) in [4.78, 5) is 50.3. The normalized spacial score (nSPS) is 20.1.